The van der Waals surface area contributed by atoms with Crippen molar-refractivity contribution >= 4 is 49.0 Å². The van der Waals surface area contributed by atoms with Crippen LogP contribution in [0.5, 0.6) is 0 Å². The number of halogens is 2. The van der Waals surface area contributed by atoms with Crippen LogP contribution in [0.1, 0.15) is 12.0 Å². The maximum atomic E-state index is 12.6. The van der Waals surface area contributed by atoms with Gasteiger partial charge in [-0.3, -0.25) is 4.79 Å². The van der Waals surface area contributed by atoms with Gasteiger partial charge in [0, 0.05) is 22.8 Å². The van der Waals surface area contributed by atoms with Crippen molar-refractivity contribution in [2.24, 2.45) is 0 Å². The molecule has 0 spiro atoms. The zero-order valence-electron chi connectivity index (χ0n) is 16.1. The summed E-state index contributed by atoms with van der Waals surface area (Å²) in [5.41, 5.74) is 0.939. The van der Waals surface area contributed by atoms with E-state index in [0.29, 0.717) is 16.5 Å². The van der Waals surface area contributed by atoms with E-state index >= 15 is 0 Å². The van der Waals surface area contributed by atoms with Gasteiger partial charge in [0.05, 0.1) is 10.6 Å². The third-order valence-electron chi connectivity index (χ3n) is 4.14. The molecule has 164 valence electrons. The second-order valence-corrected chi connectivity index (χ2v) is 11.6. The molecule has 1 atom stereocenters. The Hall–Kier alpha value is -1.65. The molecule has 0 fully saturated rings. The van der Waals surface area contributed by atoms with E-state index in [9.17, 15) is 21.6 Å². The highest BCUT2D eigenvalue weighted by Gasteiger charge is 2.26. The molecule has 2 aromatic carbocycles. The predicted molar refractivity (Wildman–Crippen MR) is 118 cm³/mol. The molecule has 1 amide bonds. The van der Waals surface area contributed by atoms with Gasteiger partial charge >= 0.3 is 0 Å². The molecule has 0 unspecified atom stereocenters. The molecule has 0 aliphatic heterocycles. The monoisotopic (exact) mass is 492 g/mol. The van der Waals surface area contributed by atoms with Gasteiger partial charge in [-0.2, -0.15) is 4.72 Å². The molecule has 11 heteroatoms. The van der Waals surface area contributed by atoms with Crippen LogP contribution in [0.15, 0.2) is 53.4 Å². The van der Waals surface area contributed by atoms with Crippen molar-refractivity contribution in [3.8, 4) is 0 Å². The molecule has 0 heterocycles. The fourth-order valence-corrected chi connectivity index (χ4v) is 4.69. The molecule has 0 aliphatic rings. The number of nitrogens with one attached hydrogen (secondary N) is 2. The summed E-state index contributed by atoms with van der Waals surface area (Å²) in [6.45, 7) is 0.249. The number of sulfonamides is 1. The normalized spacial score (nSPS) is 13.0. The quantitative estimate of drug-likeness (QED) is 0.529. The molecule has 2 aromatic rings. The summed E-state index contributed by atoms with van der Waals surface area (Å²) in [5, 5.41) is 3.61. The highest BCUT2D eigenvalue weighted by molar-refractivity contribution is 7.90. The lowest BCUT2D eigenvalue weighted by Crippen LogP contribution is -2.47. The molecule has 0 aromatic heterocycles. The van der Waals surface area contributed by atoms with Gasteiger partial charge in [-0.05, 0) is 54.8 Å². The number of hydrogen-bond donors (Lipinski definition) is 2. The van der Waals surface area contributed by atoms with Crippen LogP contribution in [0.2, 0.25) is 10.0 Å². The third kappa shape index (κ3) is 8.23. The predicted octanol–water partition coefficient (Wildman–Crippen LogP) is 2.43. The summed E-state index contributed by atoms with van der Waals surface area (Å²) in [5.74, 6) is -0.948. The first-order valence-electron chi connectivity index (χ1n) is 8.94. The van der Waals surface area contributed by atoms with E-state index in [0.717, 1.165) is 11.8 Å². The summed E-state index contributed by atoms with van der Waals surface area (Å²) in [6, 6.07) is 11.3. The van der Waals surface area contributed by atoms with E-state index < -0.39 is 31.8 Å². The molecule has 7 nitrogen and oxygen atoms in total. The van der Waals surface area contributed by atoms with Crippen LogP contribution < -0.4 is 10.0 Å². The summed E-state index contributed by atoms with van der Waals surface area (Å²) in [6.07, 6.45) is 1.33. The third-order valence-corrected chi connectivity index (χ3v) is 7.11. The Kier molecular flexibility index (Phi) is 8.69. The van der Waals surface area contributed by atoms with Gasteiger partial charge in [0.25, 0.3) is 0 Å². The summed E-state index contributed by atoms with van der Waals surface area (Å²) in [4.78, 5) is 12.5. The van der Waals surface area contributed by atoms with Crippen LogP contribution in [-0.4, -0.2) is 47.3 Å². The summed E-state index contributed by atoms with van der Waals surface area (Å²) < 4.78 is 50.6. The Morgan fingerprint density at radius 2 is 1.47 bits per heavy atom. The molecule has 2 N–H and O–H groups in total. The largest absolute Gasteiger partial charge is 0.354 e. The van der Waals surface area contributed by atoms with Gasteiger partial charge in [0.1, 0.15) is 15.9 Å². The zero-order chi connectivity index (χ0) is 22.4. The number of amides is 1. The minimum Gasteiger partial charge on any atom is -0.354 e. The van der Waals surface area contributed by atoms with Crippen LogP contribution in [0.4, 0.5) is 0 Å². The van der Waals surface area contributed by atoms with Crippen LogP contribution in [0, 0.1) is 0 Å². The van der Waals surface area contributed by atoms with E-state index in [2.05, 4.69) is 10.0 Å². The van der Waals surface area contributed by atoms with E-state index in [1.165, 1.54) is 24.3 Å². The molecule has 0 saturated heterocycles. The van der Waals surface area contributed by atoms with Gasteiger partial charge < -0.3 is 5.32 Å². The zero-order valence-corrected chi connectivity index (χ0v) is 19.3. The first-order valence-corrected chi connectivity index (χ1v) is 13.2. The Morgan fingerprint density at radius 1 is 0.933 bits per heavy atom. The van der Waals surface area contributed by atoms with Crippen molar-refractivity contribution in [2.75, 3.05) is 18.6 Å². The van der Waals surface area contributed by atoms with Crippen LogP contribution >= 0.6 is 23.2 Å². The molecular weight excluding hydrogens is 471 g/mol. The highest BCUT2D eigenvalue weighted by Crippen LogP contribution is 2.15. The highest BCUT2D eigenvalue weighted by atomic mass is 35.5. The Balaban J connectivity index is 2.07. The standard InChI is InChI=1S/C19H22Cl2N2O5S2/c1-29(25,26)13-11-18(23-30(27,28)17-8-6-16(21)7-9-17)19(24)22-12-10-14-2-4-15(20)5-3-14/h2-9,18,23H,10-13H2,1H3,(H,22,24)/t18-/m0/s1. The molecule has 0 bridgehead atoms. The lowest BCUT2D eigenvalue weighted by molar-refractivity contribution is -0.122. The fourth-order valence-electron chi connectivity index (χ4n) is 2.55. The minimum absolute atomic E-state index is 0.0785. The number of rotatable bonds is 10. The van der Waals surface area contributed by atoms with E-state index in [1.807, 2.05) is 12.1 Å². The average Bonchev–Trinajstić information content (AvgIpc) is 2.66. The van der Waals surface area contributed by atoms with Gasteiger partial charge in [0.15, 0.2) is 0 Å². The Bertz CT molecular complexity index is 1070. The summed E-state index contributed by atoms with van der Waals surface area (Å²) >= 11 is 11.6. The molecular formula is C19H22Cl2N2O5S2. The Morgan fingerprint density at radius 3 is 2.00 bits per heavy atom. The second-order valence-electron chi connectivity index (χ2n) is 6.71. The van der Waals surface area contributed by atoms with Crippen LogP contribution in [0.25, 0.3) is 0 Å². The smallest absolute Gasteiger partial charge is 0.241 e. The van der Waals surface area contributed by atoms with Crippen molar-refractivity contribution in [1.29, 1.82) is 0 Å². The van der Waals surface area contributed by atoms with E-state index in [1.54, 1.807) is 12.1 Å². The van der Waals surface area contributed by atoms with Crippen molar-refractivity contribution in [3.63, 3.8) is 0 Å². The molecule has 0 radical (unpaired) electrons. The number of carbonyl (C=O) groups excluding carboxylic acids is 1. The number of carbonyl (C=O) groups is 1. The molecule has 0 saturated carbocycles. The van der Waals surface area contributed by atoms with Gasteiger partial charge in [-0.15, -0.1) is 0 Å². The topological polar surface area (TPSA) is 109 Å². The van der Waals surface area contributed by atoms with E-state index in [-0.39, 0.29) is 23.6 Å². The average molecular weight is 493 g/mol. The maximum absolute atomic E-state index is 12.6. The summed E-state index contributed by atoms with van der Waals surface area (Å²) in [7, 11) is -7.44. The van der Waals surface area contributed by atoms with E-state index in [4.69, 9.17) is 23.2 Å². The van der Waals surface area contributed by atoms with Crippen LogP contribution in [-0.2, 0) is 31.1 Å². The van der Waals surface area contributed by atoms with Crippen molar-refractivity contribution in [1.82, 2.24) is 10.0 Å². The van der Waals surface area contributed by atoms with Gasteiger partial charge in [0.2, 0.25) is 15.9 Å². The van der Waals surface area contributed by atoms with Gasteiger partial charge in [-0.25, -0.2) is 16.8 Å². The van der Waals surface area contributed by atoms with Crippen molar-refractivity contribution in [3.05, 3.63) is 64.1 Å². The fraction of sp³-hybridized carbons (Fsp3) is 0.316. The SMILES string of the molecule is CS(=O)(=O)CC[C@H](NS(=O)(=O)c1ccc(Cl)cc1)C(=O)NCCc1ccc(Cl)cc1. The lowest BCUT2D eigenvalue weighted by atomic mass is 10.1. The maximum Gasteiger partial charge on any atom is 0.241 e. The second kappa shape index (κ2) is 10.6. The van der Waals surface area contributed by atoms with Crippen molar-refractivity contribution < 1.29 is 21.6 Å². The first kappa shape index (κ1) is 24.6. The number of hydrogen-bond acceptors (Lipinski definition) is 5. The molecule has 2 rings (SSSR count). The molecule has 30 heavy (non-hydrogen) atoms. The molecule has 0 aliphatic carbocycles. The minimum atomic E-state index is -4.05. The Labute approximate surface area is 186 Å². The lowest BCUT2D eigenvalue weighted by Gasteiger charge is -2.18. The first-order chi connectivity index (χ1) is 14.0. The number of benzene rings is 2. The number of sulfone groups is 1. The van der Waals surface area contributed by atoms with Crippen molar-refractivity contribution in [2.45, 2.75) is 23.8 Å². The van der Waals surface area contributed by atoms with Gasteiger partial charge in [-0.1, -0.05) is 35.3 Å². The van der Waals surface area contributed by atoms with Crippen LogP contribution in [0.3, 0.4) is 0 Å².